The van der Waals surface area contributed by atoms with E-state index in [1.165, 1.54) is 7.05 Å². The van der Waals surface area contributed by atoms with E-state index < -0.39 is 5.91 Å². The second-order valence-electron chi connectivity index (χ2n) is 4.18. The average molecular weight is 311 g/mol. The number of nitrogens with one attached hydrogen (secondary N) is 2. The van der Waals surface area contributed by atoms with Crippen LogP contribution in [0.25, 0.3) is 10.9 Å². The van der Waals surface area contributed by atoms with Gasteiger partial charge in [-0.1, -0.05) is 11.6 Å². The van der Waals surface area contributed by atoms with Crippen molar-refractivity contribution in [1.82, 2.24) is 10.3 Å². The monoisotopic (exact) mass is 310 g/mol. The Morgan fingerprint density at radius 3 is 2.95 bits per heavy atom. The Morgan fingerprint density at radius 2 is 2.29 bits per heavy atom. The molecule has 1 amide bonds. The zero-order valence-electron chi connectivity index (χ0n) is 11.3. The lowest BCUT2D eigenvalue weighted by atomic mass is 10.2. The maximum absolute atomic E-state index is 11.9. The van der Waals surface area contributed by atoms with Crippen LogP contribution in [0, 0.1) is 0 Å². The van der Waals surface area contributed by atoms with Crippen LogP contribution >= 0.6 is 11.6 Å². The van der Waals surface area contributed by atoms with Gasteiger partial charge < -0.3 is 20.6 Å². The molecule has 1 heterocycles. The summed E-state index contributed by atoms with van der Waals surface area (Å²) in [5.41, 5.74) is 6.40. The Bertz CT molecular complexity index is 696. The minimum Gasteiger partial charge on any atom is -0.491 e. The minimum absolute atomic E-state index is 0.0247. The van der Waals surface area contributed by atoms with Crippen LogP contribution in [0.1, 0.15) is 10.5 Å². The van der Waals surface area contributed by atoms with Gasteiger partial charge >= 0.3 is 0 Å². The summed E-state index contributed by atoms with van der Waals surface area (Å²) in [5.74, 6) is 0.116. The van der Waals surface area contributed by atoms with Crippen molar-refractivity contribution in [2.45, 2.75) is 0 Å². The molecule has 1 aromatic heterocycles. The van der Waals surface area contributed by atoms with Gasteiger partial charge in [0.1, 0.15) is 18.1 Å². The zero-order chi connectivity index (χ0) is 15.4. The Labute approximate surface area is 125 Å². The van der Waals surface area contributed by atoms with Crippen LogP contribution in [0.15, 0.2) is 23.2 Å². The molecule has 2 rings (SSSR count). The molecular weight excluding hydrogens is 296 g/mol. The van der Waals surface area contributed by atoms with Gasteiger partial charge in [0.2, 0.25) is 0 Å². The number of aromatic nitrogens is 1. The number of hydrogen-bond donors (Lipinski definition) is 4. The van der Waals surface area contributed by atoms with E-state index in [2.05, 4.69) is 15.3 Å². The topological polar surface area (TPSA) is 113 Å². The van der Waals surface area contributed by atoms with Crippen LogP contribution in [0.4, 0.5) is 0 Å². The first kappa shape index (κ1) is 15.1. The fourth-order valence-electron chi connectivity index (χ4n) is 1.78. The lowest BCUT2D eigenvalue weighted by molar-refractivity contribution is 0.0972. The Morgan fingerprint density at radius 1 is 1.52 bits per heavy atom. The minimum atomic E-state index is -0.414. The van der Waals surface area contributed by atoms with Crippen molar-refractivity contribution in [3.8, 4) is 5.75 Å². The number of ether oxygens (including phenoxy) is 1. The molecule has 2 aromatic rings. The van der Waals surface area contributed by atoms with Crippen molar-refractivity contribution in [2.24, 2.45) is 10.7 Å². The number of benzene rings is 1. The molecule has 21 heavy (non-hydrogen) atoms. The molecule has 5 N–H and O–H groups in total. The standard InChI is InChI=1S/C13H15ClN4O3/c1-16-13(15)18-12(20)11-6-8-9(14)4-7(21-3-2-19)5-10(8)17-11/h4-6,17,19H,2-3H2,1H3,(H3,15,16,18,20). The SMILES string of the molecule is CN=C(N)NC(=O)c1cc2c(Cl)cc(OCCO)cc2[nH]1. The molecule has 0 aliphatic heterocycles. The van der Waals surface area contributed by atoms with Crippen molar-refractivity contribution >= 4 is 34.4 Å². The number of H-pyrrole nitrogens is 1. The third-order valence-corrected chi connectivity index (χ3v) is 3.06. The number of aliphatic hydroxyl groups is 1. The van der Waals surface area contributed by atoms with Gasteiger partial charge in [-0.25, -0.2) is 0 Å². The van der Waals surface area contributed by atoms with Crippen LogP contribution in [0.2, 0.25) is 5.02 Å². The Kier molecular flexibility index (Phi) is 4.66. The number of fused-ring (bicyclic) bond motifs is 1. The van der Waals surface area contributed by atoms with Crippen molar-refractivity contribution in [1.29, 1.82) is 0 Å². The number of halogens is 1. The number of aromatic amines is 1. The molecule has 7 nitrogen and oxygen atoms in total. The maximum Gasteiger partial charge on any atom is 0.274 e. The van der Waals surface area contributed by atoms with E-state index in [9.17, 15) is 4.79 Å². The zero-order valence-corrected chi connectivity index (χ0v) is 12.1. The smallest absolute Gasteiger partial charge is 0.274 e. The normalized spacial score (nSPS) is 11.7. The summed E-state index contributed by atoms with van der Waals surface area (Å²) in [4.78, 5) is 18.5. The van der Waals surface area contributed by atoms with Gasteiger partial charge in [0.05, 0.1) is 17.1 Å². The van der Waals surface area contributed by atoms with Gasteiger partial charge in [0, 0.05) is 18.5 Å². The lowest BCUT2D eigenvalue weighted by Crippen LogP contribution is -2.36. The van der Waals surface area contributed by atoms with E-state index >= 15 is 0 Å². The molecule has 0 fully saturated rings. The summed E-state index contributed by atoms with van der Waals surface area (Å²) in [6.45, 7) is 0.0725. The molecule has 0 atom stereocenters. The second kappa shape index (κ2) is 6.47. The highest BCUT2D eigenvalue weighted by molar-refractivity contribution is 6.35. The highest BCUT2D eigenvalue weighted by atomic mass is 35.5. The van der Waals surface area contributed by atoms with Gasteiger partial charge in [-0.3, -0.25) is 15.1 Å². The van der Waals surface area contributed by atoms with Crippen LogP contribution in [-0.2, 0) is 0 Å². The number of hydrogen-bond acceptors (Lipinski definition) is 4. The third kappa shape index (κ3) is 3.45. The van der Waals surface area contributed by atoms with Gasteiger partial charge in [0.15, 0.2) is 5.96 Å². The number of carbonyl (C=O) groups is 1. The predicted molar refractivity (Wildman–Crippen MR) is 80.9 cm³/mol. The van der Waals surface area contributed by atoms with Crippen LogP contribution < -0.4 is 15.8 Å². The van der Waals surface area contributed by atoms with E-state index in [1.807, 2.05) is 0 Å². The molecule has 0 saturated heterocycles. The van der Waals surface area contributed by atoms with E-state index in [-0.39, 0.29) is 19.2 Å². The van der Waals surface area contributed by atoms with Crippen LogP contribution in [-0.4, -0.2) is 42.2 Å². The summed E-state index contributed by atoms with van der Waals surface area (Å²) in [6.07, 6.45) is 0. The first-order chi connectivity index (χ1) is 10.0. The second-order valence-corrected chi connectivity index (χ2v) is 4.59. The van der Waals surface area contributed by atoms with Crippen molar-refractivity contribution in [3.63, 3.8) is 0 Å². The Hall–Kier alpha value is -2.25. The fourth-order valence-corrected chi connectivity index (χ4v) is 2.04. The number of aliphatic hydroxyl groups excluding tert-OH is 1. The molecule has 1 aromatic carbocycles. The number of carbonyl (C=O) groups excluding carboxylic acids is 1. The summed E-state index contributed by atoms with van der Waals surface area (Å²) < 4.78 is 5.30. The Balaban J connectivity index is 2.32. The van der Waals surface area contributed by atoms with Gasteiger partial charge in [0.25, 0.3) is 5.91 Å². The third-order valence-electron chi connectivity index (χ3n) is 2.75. The van der Waals surface area contributed by atoms with Crippen LogP contribution in [0.5, 0.6) is 5.75 Å². The first-order valence-corrected chi connectivity index (χ1v) is 6.52. The highest BCUT2D eigenvalue weighted by Gasteiger charge is 2.13. The molecule has 0 aliphatic carbocycles. The quantitative estimate of drug-likeness (QED) is 0.495. The van der Waals surface area contributed by atoms with Crippen molar-refractivity contribution in [2.75, 3.05) is 20.3 Å². The van der Waals surface area contributed by atoms with E-state index in [1.54, 1.807) is 18.2 Å². The molecule has 0 radical (unpaired) electrons. The largest absolute Gasteiger partial charge is 0.491 e. The summed E-state index contributed by atoms with van der Waals surface area (Å²) >= 11 is 6.15. The van der Waals surface area contributed by atoms with E-state index in [4.69, 9.17) is 27.2 Å². The summed E-state index contributed by atoms with van der Waals surface area (Å²) in [6, 6.07) is 4.94. The van der Waals surface area contributed by atoms with Crippen molar-refractivity contribution in [3.05, 3.63) is 28.9 Å². The van der Waals surface area contributed by atoms with Gasteiger partial charge in [-0.15, -0.1) is 0 Å². The van der Waals surface area contributed by atoms with Crippen LogP contribution in [0.3, 0.4) is 0 Å². The summed E-state index contributed by atoms with van der Waals surface area (Å²) in [5, 5.41) is 12.3. The lowest BCUT2D eigenvalue weighted by Gasteiger charge is -2.04. The number of aliphatic imine (C=N–C) groups is 1. The molecule has 0 bridgehead atoms. The average Bonchev–Trinajstić information content (AvgIpc) is 2.89. The molecule has 0 unspecified atom stereocenters. The summed E-state index contributed by atoms with van der Waals surface area (Å²) in [7, 11) is 1.47. The molecule has 0 saturated carbocycles. The number of nitrogens with zero attached hydrogens (tertiary/aromatic N) is 1. The van der Waals surface area contributed by atoms with Gasteiger partial charge in [-0.05, 0) is 12.1 Å². The number of rotatable bonds is 4. The molecular formula is C13H15ClN4O3. The molecule has 112 valence electrons. The van der Waals surface area contributed by atoms with E-state index in [0.29, 0.717) is 27.4 Å². The molecule has 0 aliphatic rings. The first-order valence-electron chi connectivity index (χ1n) is 6.14. The van der Waals surface area contributed by atoms with Gasteiger partial charge in [-0.2, -0.15) is 0 Å². The fraction of sp³-hybridized carbons (Fsp3) is 0.231. The maximum atomic E-state index is 11.9. The number of amides is 1. The molecule has 8 heteroatoms. The molecule has 0 spiro atoms. The number of guanidine groups is 1. The highest BCUT2D eigenvalue weighted by Crippen LogP contribution is 2.29. The van der Waals surface area contributed by atoms with Crippen molar-refractivity contribution < 1.29 is 14.6 Å². The van der Waals surface area contributed by atoms with E-state index in [0.717, 1.165) is 0 Å². The number of nitrogens with two attached hydrogens (primary N) is 1. The predicted octanol–water partition coefficient (Wildman–Crippen LogP) is 0.867.